The molecule has 0 bridgehead atoms. The van der Waals surface area contributed by atoms with Gasteiger partial charge in [0.05, 0.1) is 6.10 Å². The summed E-state index contributed by atoms with van der Waals surface area (Å²) in [4.78, 5) is 13.6. The molecule has 2 aliphatic rings. The van der Waals surface area contributed by atoms with E-state index in [2.05, 4.69) is 0 Å². The SMILES string of the molecule is O=C(OCc1ccccc1)N1CC2=C(C1)C(O)CC2. The number of ether oxygens (including phenoxy) is 1. The van der Waals surface area contributed by atoms with Gasteiger partial charge >= 0.3 is 6.09 Å². The van der Waals surface area contributed by atoms with Crippen molar-refractivity contribution in [1.82, 2.24) is 4.90 Å². The molecular formula is C15H17NO3. The van der Waals surface area contributed by atoms with E-state index in [0.29, 0.717) is 19.7 Å². The molecular weight excluding hydrogens is 242 g/mol. The second kappa shape index (κ2) is 5.05. The number of carbonyl (C=O) groups is 1. The van der Waals surface area contributed by atoms with Crippen LogP contribution >= 0.6 is 0 Å². The second-order valence-corrected chi connectivity index (χ2v) is 5.08. The fourth-order valence-corrected chi connectivity index (χ4v) is 2.71. The Hall–Kier alpha value is -1.81. The molecule has 0 saturated heterocycles. The minimum absolute atomic E-state index is 0.295. The fourth-order valence-electron chi connectivity index (χ4n) is 2.71. The fraction of sp³-hybridized carbons (Fsp3) is 0.400. The topological polar surface area (TPSA) is 49.8 Å². The molecule has 3 rings (SSSR count). The molecule has 1 atom stereocenters. The van der Waals surface area contributed by atoms with Gasteiger partial charge in [0.25, 0.3) is 0 Å². The van der Waals surface area contributed by atoms with Gasteiger partial charge in [0.1, 0.15) is 6.61 Å². The molecule has 1 aromatic rings. The molecule has 0 aromatic heterocycles. The Morgan fingerprint density at radius 3 is 2.84 bits per heavy atom. The van der Waals surface area contributed by atoms with Gasteiger partial charge in [-0.05, 0) is 29.6 Å². The van der Waals surface area contributed by atoms with Crippen molar-refractivity contribution >= 4 is 6.09 Å². The Labute approximate surface area is 112 Å². The van der Waals surface area contributed by atoms with E-state index in [1.54, 1.807) is 4.90 Å². The van der Waals surface area contributed by atoms with Crippen LogP contribution in [0.1, 0.15) is 18.4 Å². The first-order chi connectivity index (χ1) is 9.24. The Kier molecular flexibility index (Phi) is 3.25. The molecule has 1 aliphatic carbocycles. The van der Waals surface area contributed by atoms with Crippen molar-refractivity contribution in [2.24, 2.45) is 0 Å². The molecule has 1 unspecified atom stereocenters. The van der Waals surface area contributed by atoms with Gasteiger partial charge in [-0.25, -0.2) is 4.79 Å². The predicted molar refractivity (Wildman–Crippen MR) is 70.5 cm³/mol. The Bertz CT molecular complexity index is 509. The standard InChI is InChI=1S/C15H17NO3/c17-14-7-6-12-8-16(9-13(12)14)15(18)19-10-11-4-2-1-3-5-11/h1-5,14,17H,6-10H2. The number of aliphatic hydroxyl groups is 1. The molecule has 0 fully saturated rings. The molecule has 4 nitrogen and oxygen atoms in total. The molecule has 1 amide bonds. The van der Waals surface area contributed by atoms with Gasteiger partial charge in [-0.3, -0.25) is 0 Å². The lowest BCUT2D eigenvalue weighted by atomic mass is 10.2. The lowest BCUT2D eigenvalue weighted by Gasteiger charge is -2.18. The summed E-state index contributed by atoms with van der Waals surface area (Å²) in [6.45, 7) is 1.42. The van der Waals surface area contributed by atoms with E-state index >= 15 is 0 Å². The Morgan fingerprint density at radius 2 is 2.11 bits per heavy atom. The summed E-state index contributed by atoms with van der Waals surface area (Å²) in [7, 11) is 0. The number of aliphatic hydroxyl groups excluding tert-OH is 1. The third-order valence-electron chi connectivity index (χ3n) is 3.78. The van der Waals surface area contributed by atoms with Gasteiger partial charge in [0, 0.05) is 13.1 Å². The lowest BCUT2D eigenvalue weighted by Crippen LogP contribution is -2.31. The third kappa shape index (κ3) is 2.49. The number of carbonyl (C=O) groups excluding carboxylic acids is 1. The van der Waals surface area contributed by atoms with Crippen molar-refractivity contribution in [3.05, 3.63) is 47.0 Å². The van der Waals surface area contributed by atoms with Gasteiger partial charge in [-0.1, -0.05) is 30.3 Å². The van der Waals surface area contributed by atoms with Crippen molar-refractivity contribution in [2.75, 3.05) is 13.1 Å². The quantitative estimate of drug-likeness (QED) is 0.827. The summed E-state index contributed by atoms with van der Waals surface area (Å²) < 4.78 is 5.29. The number of rotatable bonds is 2. The largest absolute Gasteiger partial charge is 0.445 e. The number of benzene rings is 1. The van der Waals surface area contributed by atoms with Crippen molar-refractivity contribution in [3.8, 4) is 0 Å². The van der Waals surface area contributed by atoms with Gasteiger partial charge in [-0.2, -0.15) is 0 Å². The number of hydrogen-bond donors (Lipinski definition) is 1. The first-order valence-electron chi connectivity index (χ1n) is 6.58. The summed E-state index contributed by atoms with van der Waals surface area (Å²) in [5, 5.41) is 9.77. The zero-order chi connectivity index (χ0) is 13.2. The van der Waals surface area contributed by atoms with Crippen LogP contribution in [0, 0.1) is 0 Å². The summed E-state index contributed by atoms with van der Waals surface area (Å²) >= 11 is 0. The van der Waals surface area contributed by atoms with Crippen LogP contribution in [0.2, 0.25) is 0 Å². The number of likely N-dealkylation sites (tertiary alicyclic amines) is 1. The van der Waals surface area contributed by atoms with E-state index < -0.39 is 0 Å². The molecule has 1 N–H and O–H groups in total. The highest BCUT2D eigenvalue weighted by atomic mass is 16.6. The minimum atomic E-state index is -0.359. The number of nitrogens with zero attached hydrogens (tertiary/aromatic N) is 1. The highest BCUT2D eigenvalue weighted by Gasteiger charge is 2.34. The summed E-state index contributed by atoms with van der Waals surface area (Å²) in [6, 6.07) is 9.64. The zero-order valence-corrected chi connectivity index (χ0v) is 10.7. The maximum absolute atomic E-state index is 12.0. The van der Waals surface area contributed by atoms with Crippen molar-refractivity contribution in [1.29, 1.82) is 0 Å². The van der Waals surface area contributed by atoms with Crippen molar-refractivity contribution in [2.45, 2.75) is 25.6 Å². The monoisotopic (exact) mass is 259 g/mol. The van der Waals surface area contributed by atoms with Crippen LogP contribution in [-0.4, -0.2) is 35.3 Å². The normalized spacial score (nSPS) is 21.7. The van der Waals surface area contributed by atoms with Crippen LogP contribution in [0.3, 0.4) is 0 Å². The molecule has 0 saturated carbocycles. The van der Waals surface area contributed by atoms with E-state index in [4.69, 9.17) is 4.74 Å². The smallest absolute Gasteiger partial charge is 0.410 e. The molecule has 4 heteroatoms. The van der Waals surface area contributed by atoms with Crippen molar-refractivity contribution < 1.29 is 14.6 Å². The zero-order valence-electron chi connectivity index (χ0n) is 10.7. The Balaban J connectivity index is 1.53. The predicted octanol–water partition coefficient (Wildman–Crippen LogP) is 2.09. The lowest BCUT2D eigenvalue weighted by molar-refractivity contribution is 0.102. The first kappa shape index (κ1) is 12.2. The molecule has 1 aromatic carbocycles. The Morgan fingerprint density at radius 1 is 1.32 bits per heavy atom. The van der Waals surface area contributed by atoms with Crippen LogP contribution in [0.4, 0.5) is 4.79 Å². The number of hydrogen-bond acceptors (Lipinski definition) is 3. The van der Waals surface area contributed by atoms with Gasteiger partial charge < -0.3 is 14.7 Å². The average Bonchev–Trinajstić information content (AvgIpc) is 3.00. The van der Waals surface area contributed by atoms with Gasteiger partial charge in [0.15, 0.2) is 0 Å². The maximum atomic E-state index is 12.0. The van der Waals surface area contributed by atoms with Crippen LogP contribution < -0.4 is 0 Å². The number of amides is 1. The van der Waals surface area contributed by atoms with E-state index in [-0.39, 0.29) is 12.2 Å². The van der Waals surface area contributed by atoms with Crippen LogP contribution in [0.5, 0.6) is 0 Å². The van der Waals surface area contributed by atoms with Crippen LogP contribution in [0.15, 0.2) is 41.5 Å². The summed E-state index contributed by atoms with van der Waals surface area (Å²) in [6.07, 6.45) is 1.05. The first-order valence-corrected chi connectivity index (χ1v) is 6.58. The minimum Gasteiger partial charge on any atom is -0.445 e. The van der Waals surface area contributed by atoms with E-state index in [1.807, 2.05) is 30.3 Å². The molecule has 0 radical (unpaired) electrons. The van der Waals surface area contributed by atoms with Crippen LogP contribution in [-0.2, 0) is 11.3 Å². The molecule has 1 aliphatic heterocycles. The highest BCUT2D eigenvalue weighted by molar-refractivity contribution is 5.69. The van der Waals surface area contributed by atoms with E-state index in [9.17, 15) is 9.90 Å². The molecule has 100 valence electrons. The third-order valence-corrected chi connectivity index (χ3v) is 3.78. The van der Waals surface area contributed by atoms with Crippen LogP contribution in [0.25, 0.3) is 0 Å². The summed E-state index contributed by atoms with van der Waals surface area (Å²) in [5.74, 6) is 0. The van der Waals surface area contributed by atoms with Crippen molar-refractivity contribution in [3.63, 3.8) is 0 Å². The molecule has 19 heavy (non-hydrogen) atoms. The average molecular weight is 259 g/mol. The maximum Gasteiger partial charge on any atom is 0.410 e. The summed E-state index contributed by atoms with van der Waals surface area (Å²) in [5.41, 5.74) is 3.22. The second-order valence-electron chi connectivity index (χ2n) is 5.08. The van der Waals surface area contributed by atoms with E-state index in [0.717, 1.165) is 24.0 Å². The molecule has 1 heterocycles. The van der Waals surface area contributed by atoms with E-state index in [1.165, 1.54) is 5.57 Å². The highest BCUT2D eigenvalue weighted by Crippen LogP contribution is 2.32. The van der Waals surface area contributed by atoms with Gasteiger partial charge in [-0.15, -0.1) is 0 Å². The molecule has 0 spiro atoms. The van der Waals surface area contributed by atoms with Gasteiger partial charge in [0.2, 0.25) is 0 Å².